The van der Waals surface area contributed by atoms with E-state index in [4.69, 9.17) is 0 Å². The monoisotopic (exact) mass is 734 g/mol. The molecule has 0 saturated carbocycles. The first-order chi connectivity index (χ1) is 24.2. The second-order valence-corrected chi connectivity index (χ2v) is 15.8. The van der Waals surface area contributed by atoms with Gasteiger partial charge in [0.25, 0.3) is 0 Å². The van der Waals surface area contributed by atoms with Gasteiger partial charge in [0.1, 0.15) is 0 Å². The second-order valence-electron chi connectivity index (χ2n) is 15.8. The van der Waals surface area contributed by atoms with Gasteiger partial charge < -0.3 is 37.0 Å². The molecule has 14 heteroatoms. The van der Waals surface area contributed by atoms with Crippen molar-refractivity contribution in [1.29, 1.82) is 0 Å². The lowest BCUT2D eigenvalue weighted by Crippen LogP contribution is -2.48. The Labute approximate surface area is 310 Å². The number of amides is 6. The molecule has 0 spiro atoms. The molecule has 7 N–H and O–H groups in total. The lowest BCUT2D eigenvalue weighted by Gasteiger charge is -2.26. The van der Waals surface area contributed by atoms with Crippen molar-refractivity contribution >= 4 is 41.4 Å². The zero-order valence-corrected chi connectivity index (χ0v) is 32.8. The molecule has 0 aromatic heterocycles. The minimum atomic E-state index is -1.02. The highest BCUT2D eigenvalue weighted by Gasteiger charge is 2.27. The maximum Gasteiger partial charge on any atom is 0.305 e. The van der Waals surface area contributed by atoms with E-state index >= 15 is 0 Å². The maximum absolute atomic E-state index is 13.4. The van der Waals surface area contributed by atoms with E-state index in [0.29, 0.717) is 12.8 Å². The highest BCUT2D eigenvalue weighted by atomic mass is 16.4. The first kappa shape index (κ1) is 46.1. The predicted molar refractivity (Wildman–Crippen MR) is 200 cm³/mol. The molecular weight excluding hydrogens is 668 g/mol. The summed E-state index contributed by atoms with van der Waals surface area (Å²) in [7, 11) is 0. The number of carboxylic acid groups (broad SMARTS) is 1. The van der Waals surface area contributed by atoms with Crippen LogP contribution in [0.25, 0.3) is 0 Å². The minimum Gasteiger partial charge on any atom is -0.481 e. The molecule has 1 rings (SSSR count). The normalized spacial score (nSPS) is 22.8. The molecule has 2 unspecified atom stereocenters. The van der Waals surface area contributed by atoms with Crippen molar-refractivity contribution in [2.45, 2.75) is 163 Å². The molecule has 14 nitrogen and oxygen atoms in total. The molecular formula is C38H66N6O8. The highest BCUT2D eigenvalue weighted by Crippen LogP contribution is 2.15. The summed E-state index contributed by atoms with van der Waals surface area (Å²) in [5, 5.41) is 26.8. The van der Waals surface area contributed by atoms with Crippen LogP contribution >= 0.6 is 0 Å². The number of aliphatic carboxylic acids is 1. The summed E-state index contributed by atoms with van der Waals surface area (Å²) < 4.78 is 0. The van der Waals surface area contributed by atoms with E-state index in [1.807, 2.05) is 55.4 Å². The van der Waals surface area contributed by atoms with Crippen LogP contribution in [-0.4, -0.2) is 82.8 Å². The van der Waals surface area contributed by atoms with Crippen LogP contribution in [0.3, 0.4) is 0 Å². The van der Waals surface area contributed by atoms with Crippen LogP contribution in [-0.2, 0) is 33.6 Å². The summed E-state index contributed by atoms with van der Waals surface area (Å²) in [5.41, 5.74) is 0. The largest absolute Gasteiger partial charge is 0.481 e. The summed E-state index contributed by atoms with van der Waals surface area (Å²) >= 11 is 0. The number of hydrogen-bond donors (Lipinski definition) is 7. The van der Waals surface area contributed by atoms with Gasteiger partial charge in [0.2, 0.25) is 35.4 Å². The van der Waals surface area contributed by atoms with Crippen LogP contribution in [0.1, 0.15) is 127 Å². The quantitative estimate of drug-likeness (QED) is 0.124. The van der Waals surface area contributed by atoms with Gasteiger partial charge in [-0.3, -0.25) is 33.6 Å². The average Bonchev–Trinajstić information content (AvgIpc) is 2.96. The van der Waals surface area contributed by atoms with Crippen molar-refractivity contribution in [2.24, 2.45) is 23.7 Å². The molecule has 0 aromatic rings. The van der Waals surface area contributed by atoms with E-state index < -0.39 is 48.1 Å². The molecule has 0 aliphatic carbocycles. The second kappa shape index (κ2) is 23.6. The van der Waals surface area contributed by atoms with Crippen molar-refractivity contribution in [3.63, 3.8) is 0 Å². The maximum atomic E-state index is 13.4. The third-order valence-corrected chi connectivity index (χ3v) is 8.85. The summed E-state index contributed by atoms with van der Waals surface area (Å²) in [4.78, 5) is 89.6. The number of rotatable bonds is 15. The van der Waals surface area contributed by atoms with Crippen molar-refractivity contribution in [1.82, 2.24) is 31.9 Å². The molecule has 0 bridgehead atoms. The van der Waals surface area contributed by atoms with E-state index in [1.165, 1.54) is 6.92 Å². The highest BCUT2D eigenvalue weighted by molar-refractivity contribution is 5.84. The molecule has 0 fully saturated rings. The third kappa shape index (κ3) is 20.8. The molecule has 1 heterocycles. The Hall–Kier alpha value is -3.97. The molecule has 1 aliphatic heterocycles. The van der Waals surface area contributed by atoms with Crippen LogP contribution in [0.5, 0.6) is 0 Å². The van der Waals surface area contributed by atoms with Crippen LogP contribution in [0, 0.1) is 23.7 Å². The molecule has 0 saturated heterocycles. The number of carbonyl (C=O) groups excluding carboxylic acids is 6. The lowest BCUT2D eigenvalue weighted by molar-refractivity contribution is -0.138. The average molecular weight is 735 g/mol. The Kier molecular flexibility index (Phi) is 20.9. The Morgan fingerprint density at radius 1 is 0.750 bits per heavy atom. The summed E-state index contributed by atoms with van der Waals surface area (Å²) in [6.45, 7) is 16.9. The SMILES string of the molecule is CC(=O)N[C@H](CC(=O)NC1C/C=C/CC(CC(=O)N[C@@H](CC(=O)O)CC(C)C)NC(=O)C[C@H](C(C)C)NC(=O)C[C@H](CC(C)C)NC(=O)C1)C(C)C. The van der Waals surface area contributed by atoms with Gasteiger partial charge in [-0.25, -0.2) is 0 Å². The van der Waals surface area contributed by atoms with Crippen LogP contribution in [0.4, 0.5) is 0 Å². The number of hydrogen-bond acceptors (Lipinski definition) is 7. The number of carboxylic acids is 1. The summed E-state index contributed by atoms with van der Waals surface area (Å²) in [5.74, 6) is -2.76. The first-order valence-electron chi connectivity index (χ1n) is 18.8. The van der Waals surface area contributed by atoms with Gasteiger partial charge in [0, 0.05) is 75.3 Å². The first-order valence-corrected chi connectivity index (χ1v) is 18.8. The van der Waals surface area contributed by atoms with Gasteiger partial charge in [0.15, 0.2) is 0 Å². The molecule has 0 radical (unpaired) electrons. The summed E-state index contributed by atoms with van der Waals surface area (Å²) in [6, 6.07) is -3.20. The van der Waals surface area contributed by atoms with Crippen LogP contribution < -0.4 is 31.9 Å². The molecule has 6 amide bonds. The van der Waals surface area contributed by atoms with Crippen molar-refractivity contribution in [3.05, 3.63) is 12.2 Å². The Morgan fingerprint density at radius 3 is 1.90 bits per heavy atom. The molecule has 1 aliphatic rings. The fraction of sp³-hybridized carbons (Fsp3) is 0.763. The van der Waals surface area contributed by atoms with E-state index in [-0.39, 0.29) is 105 Å². The smallest absolute Gasteiger partial charge is 0.305 e. The van der Waals surface area contributed by atoms with Crippen molar-refractivity contribution < 1.29 is 38.7 Å². The van der Waals surface area contributed by atoms with E-state index in [2.05, 4.69) is 31.9 Å². The van der Waals surface area contributed by atoms with Crippen molar-refractivity contribution in [2.75, 3.05) is 0 Å². The molecule has 52 heavy (non-hydrogen) atoms. The van der Waals surface area contributed by atoms with E-state index in [1.54, 1.807) is 12.2 Å². The Bertz CT molecular complexity index is 1230. The van der Waals surface area contributed by atoms with Crippen molar-refractivity contribution in [3.8, 4) is 0 Å². The number of carbonyl (C=O) groups is 7. The molecule has 296 valence electrons. The summed E-state index contributed by atoms with van der Waals surface area (Å²) in [6.07, 6.45) is 4.72. The van der Waals surface area contributed by atoms with Gasteiger partial charge in [-0.15, -0.1) is 0 Å². The van der Waals surface area contributed by atoms with Gasteiger partial charge in [-0.2, -0.15) is 0 Å². The zero-order valence-electron chi connectivity index (χ0n) is 32.8. The molecule has 0 aromatic carbocycles. The fourth-order valence-corrected chi connectivity index (χ4v) is 6.29. The van der Waals surface area contributed by atoms with Crippen LogP contribution in [0.2, 0.25) is 0 Å². The minimum absolute atomic E-state index is 0.00806. The van der Waals surface area contributed by atoms with Gasteiger partial charge in [0.05, 0.1) is 6.42 Å². The Balaban J connectivity index is 3.38. The molecule has 6 atom stereocenters. The van der Waals surface area contributed by atoms with Crippen LogP contribution in [0.15, 0.2) is 12.2 Å². The number of nitrogens with one attached hydrogen (secondary N) is 6. The zero-order chi connectivity index (χ0) is 39.5. The fourth-order valence-electron chi connectivity index (χ4n) is 6.29. The standard InChI is InChI=1S/C38H66N6O8/c1-22(2)14-29-18-35(48)44-32(25(7)8)21-37(50)41-28(17-34(47)43-30(15-23(3)4)19-38(51)52)13-11-10-12-27(16-33(46)42-29)40-36(49)20-31(24(5)6)39-26(9)45/h10-11,22-25,27-32H,12-21H2,1-9H3,(H,39,45)(H,40,49)(H,41,50)(H,42,46)(H,43,47)(H,44,48)(H,51,52)/b11-10+/t27?,28?,29-,30+,31+,32+/m0/s1. The van der Waals surface area contributed by atoms with Gasteiger partial charge in [-0.05, 0) is 49.4 Å². The van der Waals surface area contributed by atoms with Gasteiger partial charge >= 0.3 is 5.97 Å². The van der Waals surface area contributed by atoms with Gasteiger partial charge in [-0.1, -0.05) is 67.5 Å². The van der Waals surface area contributed by atoms with E-state index in [0.717, 1.165) is 0 Å². The van der Waals surface area contributed by atoms with E-state index in [9.17, 15) is 38.7 Å². The lowest BCUT2D eigenvalue weighted by atomic mass is 9.97. The Morgan fingerprint density at radius 2 is 1.35 bits per heavy atom. The third-order valence-electron chi connectivity index (χ3n) is 8.85. The topological polar surface area (TPSA) is 212 Å². The predicted octanol–water partition coefficient (Wildman–Crippen LogP) is 3.09.